The number of carbonyl (C=O) groups is 1. The van der Waals surface area contributed by atoms with Crippen LogP contribution in [-0.4, -0.2) is 32.1 Å². The van der Waals surface area contributed by atoms with Crippen molar-refractivity contribution in [2.45, 2.75) is 32.6 Å². The van der Waals surface area contributed by atoms with Gasteiger partial charge in [0, 0.05) is 24.7 Å². The summed E-state index contributed by atoms with van der Waals surface area (Å²) in [6, 6.07) is 8.36. The number of hydrogen-bond donors (Lipinski definition) is 2. The van der Waals surface area contributed by atoms with Gasteiger partial charge in [-0.2, -0.15) is 0 Å². The Kier molecular flexibility index (Phi) is 5.62. The van der Waals surface area contributed by atoms with Crippen LogP contribution in [0.4, 0.5) is 5.69 Å². The number of nitrogens with zero attached hydrogens (tertiary/aromatic N) is 1. The van der Waals surface area contributed by atoms with Gasteiger partial charge in [0.1, 0.15) is 0 Å². The van der Waals surface area contributed by atoms with Gasteiger partial charge in [0.15, 0.2) is 0 Å². The molecule has 0 saturated carbocycles. The minimum atomic E-state index is 0.110. The Morgan fingerprint density at radius 1 is 1.43 bits per heavy atom. The van der Waals surface area contributed by atoms with Gasteiger partial charge in [-0.25, -0.2) is 0 Å². The smallest absolute Gasteiger partial charge is 0.239 e. The molecule has 1 atom stereocenters. The lowest BCUT2D eigenvalue weighted by Gasteiger charge is -2.19. The Balaban J connectivity index is 1.93. The van der Waals surface area contributed by atoms with Crippen LogP contribution in [0.1, 0.15) is 38.2 Å². The SMILES string of the molecule is CC(C)CCNC(=O)CN1CC(CCN)c2ccccc21. The molecule has 1 heterocycles. The highest BCUT2D eigenvalue weighted by molar-refractivity contribution is 5.82. The van der Waals surface area contributed by atoms with E-state index in [-0.39, 0.29) is 5.91 Å². The number of amides is 1. The summed E-state index contributed by atoms with van der Waals surface area (Å²) in [5.41, 5.74) is 8.23. The zero-order chi connectivity index (χ0) is 15.2. The van der Waals surface area contributed by atoms with Crippen molar-refractivity contribution in [3.63, 3.8) is 0 Å². The molecule has 0 aliphatic carbocycles. The number of fused-ring (bicyclic) bond motifs is 1. The third kappa shape index (κ3) is 4.21. The van der Waals surface area contributed by atoms with E-state index in [4.69, 9.17) is 5.73 Å². The summed E-state index contributed by atoms with van der Waals surface area (Å²) in [5, 5.41) is 3.01. The summed E-state index contributed by atoms with van der Waals surface area (Å²) in [4.78, 5) is 14.3. The second-order valence-corrected chi connectivity index (χ2v) is 6.25. The van der Waals surface area contributed by atoms with Gasteiger partial charge in [-0.15, -0.1) is 0 Å². The molecule has 21 heavy (non-hydrogen) atoms. The Labute approximate surface area is 127 Å². The fraction of sp³-hybridized carbons (Fsp3) is 0.588. The van der Waals surface area contributed by atoms with Crippen LogP contribution >= 0.6 is 0 Å². The first-order valence-corrected chi connectivity index (χ1v) is 7.92. The molecule has 1 aromatic rings. The number of nitrogens with one attached hydrogen (secondary N) is 1. The van der Waals surface area contributed by atoms with Gasteiger partial charge in [0.2, 0.25) is 5.91 Å². The lowest BCUT2D eigenvalue weighted by atomic mass is 9.98. The lowest BCUT2D eigenvalue weighted by Crippen LogP contribution is -2.37. The standard InChI is InChI=1S/C17H27N3O/c1-13(2)8-10-19-17(21)12-20-11-14(7-9-18)15-5-3-4-6-16(15)20/h3-6,13-14H,7-12,18H2,1-2H3,(H,19,21). The molecule has 0 radical (unpaired) electrons. The molecule has 1 amide bonds. The second-order valence-electron chi connectivity index (χ2n) is 6.25. The second kappa shape index (κ2) is 7.46. The highest BCUT2D eigenvalue weighted by atomic mass is 16.2. The molecule has 1 unspecified atom stereocenters. The maximum atomic E-state index is 12.1. The number of carbonyl (C=O) groups excluding carboxylic acids is 1. The zero-order valence-corrected chi connectivity index (χ0v) is 13.1. The number of benzene rings is 1. The average Bonchev–Trinajstić information content (AvgIpc) is 2.77. The van der Waals surface area contributed by atoms with E-state index in [1.54, 1.807) is 0 Å². The Bertz CT molecular complexity index is 473. The first-order valence-electron chi connectivity index (χ1n) is 7.92. The van der Waals surface area contributed by atoms with Gasteiger partial charge in [-0.05, 0) is 36.9 Å². The van der Waals surface area contributed by atoms with Gasteiger partial charge in [-0.3, -0.25) is 4.79 Å². The molecule has 0 fully saturated rings. The summed E-state index contributed by atoms with van der Waals surface area (Å²) in [6.07, 6.45) is 2.00. The van der Waals surface area contributed by atoms with E-state index < -0.39 is 0 Å². The van der Waals surface area contributed by atoms with E-state index in [0.29, 0.717) is 24.9 Å². The molecule has 0 aromatic heterocycles. The van der Waals surface area contributed by atoms with Gasteiger partial charge in [-0.1, -0.05) is 32.0 Å². The predicted molar refractivity (Wildman–Crippen MR) is 87.5 cm³/mol. The minimum absolute atomic E-state index is 0.110. The number of anilines is 1. The van der Waals surface area contributed by atoms with E-state index in [9.17, 15) is 4.79 Å². The summed E-state index contributed by atoms with van der Waals surface area (Å²) in [7, 11) is 0. The first-order chi connectivity index (χ1) is 10.1. The van der Waals surface area contributed by atoms with E-state index >= 15 is 0 Å². The number of nitrogens with two attached hydrogens (primary N) is 1. The van der Waals surface area contributed by atoms with Crippen molar-refractivity contribution in [2.24, 2.45) is 11.7 Å². The largest absolute Gasteiger partial charge is 0.361 e. The molecule has 3 N–H and O–H groups in total. The molecular weight excluding hydrogens is 262 g/mol. The van der Waals surface area contributed by atoms with Gasteiger partial charge in [0.05, 0.1) is 6.54 Å². The van der Waals surface area contributed by atoms with Crippen LogP contribution in [0.3, 0.4) is 0 Å². The van der Waals surface area contributed by atoms with Crippen molar-refractivity contribution in [1.82, 2.24) is 5.32 Å². The van der Waals surface area contributed by atoms with Crippen LogP contribution in [0.15, 0.2) is 24.3 Å². The van der Waals surface area contributed by atoms with E-state index in [1.807, 2.05) is 6.07 Å². The topological polar surface area (TPSA) is 58.4 Å². The maximum Gasteiger partial charge on any atom is 0.239 e. The number of para-hydroxylation sites is 1. The molecule has 116 valence electrons. The van der Waals surface area contributed by atoms with Gasteiger partial charge >= 0.3 is 0 Å². The molecule has 4 nitrogen and oxygen atoms in total. The molecule has 0 spiro atoms. The predicted octanol–water partition coefficient (Wildman–Crippen LogP) is 2.10. The minimum Gasteiger partial charge on any atom is -0.361 e. The number of rotatable bonds is 7. The van der Waals surface area contributed by atoms with Crippen LogP contribution in [-0.2, 0) is 4.79 Å². The molecule has 1 aliphatic heterocycles. The van der Waals surface area contributed by atoms with Crippen molar-refractivity contribution in [1.29, 1.82) is 0 Å². The monoisotopic (exact) mass is 289 g/mol. The molecule has 1 aliphatic rings. The van der Waals surface area contributed by atoms with Gasteiger partial charge < -0.3 is 16.0 Å². The Morgan fingerprint density at radius 3 is 2.90 bits per heavy atom. The molecule has 0 bridgehead atoms. The van der Waals surface area contributed by atoms with Crippen molar-refractivity contribution < 1.29 is 4.79 Å². The van der Waals surface area contributed by atoms with Crippen LogP contribution < -0.4 is 16.0 Å². The quantitative estimate of drug-likeness (QED) is 0.808. The van der Waals surface area contributed by atoms with E-state index in [2.05, 4.69) is 42.3 Å². The van der Waals surface area contributed by atoms with Crippen LogP contribution in [0, 0.1) is 5.92 Å². The molecule has 0 saturated heterocycles. The highest BCUT2D eigenvalue weighted by Crippen LogP contribution is 2.37. The summed E-state index contributed by atoms with van der Waals surface area (Å²) in [6.45, 7) is 7.12. The maximum absolute atomic E-state index is 12.1. The molecule has 4 heteroatoms. The Morgan fingerprint density at radius 2 is 2.19 bits per heavy atom. The summed E-state index contributed by atoms with van der Waals surface area (Å²) in [5.74, 6) is 1.18. The first kappa shape index (κ1) is 15.8. The third-order valence-electron chi connectivity index (χ3n) is 4.05. The summed E-state index contributed by atoms with van der Waals surface area (Å²) >= 11 is 0. The zero-order valence-electron chi connectivity index (χ0n) is 13.1. The summed E-state index contributed by atoms with van der Waals surface area (Å²) < 4.78 is 0. The Hall–Kier alpha value is -1.55. The van der Waals surface area contributed by atoms with E-state index in [1.165, 1.54) is 11.3 Å². The fourth-order valence-electron chi connectivity index (χ4n) is 2.91. The van der Waals surface area contributed by atoms with Crippen LogP contribution in [0.5, 0.6) is 0 Å². The van der Waals surface area contributed by atoms with E-state index in [0.717, 1.165) is 25.9 Å². The fourth-order valence-corrected chi connectivity index (χ4v) is 2.91. The third-order valence-corrected chi connectivity index (χ3v) is 4.05. The molecular formula is C17H27N3O. The molecule has 2 rings (SSSR count). The number of hydrogen-bond acceptors (Lipinski definition) is 3. The normalized spacial score (nSPS) is 17.1. The van der Waals surface area contributed by atoms with Crippen molar-refractivity contribution in [3.8, 4) is 0 Å². The van der Waals surface area contributed by atoms with Crippen molar-refractivity contribution in [3.05, 3.63) is 29.8 Å². The van der Waals surface area contributed by atoms with Crippen molar-refractivity contribution >= 4 is 11.6 Å². The lowest BCUT2D eigenvalue weighted by molar-refractivity contribution is -0.119. The van der Waals surface area contributed by atoms with Crippen LogP contribution in [0.25, 0.3) is 0 Å². The molecule has 1 aromatic carbocycles. The highest BCUT2D eigenvalue weighted by Gasteiger charge is 2.28. The van der Waals surface area contributed by atoms with Crippen LogP contribution in [0.2, 0.25) is 0 Å². The van der Waals surface area contributed by atoms with Gasteiger partial charge in [0.25, 0.3) is 0 Å². The average molecular weight is 289 g/mol. The van der Waals surface area contributed by atoms with Crippen molar-refractivity contribution in [2.75, 3.05) is 31.1 Å².